The van der Waals surface area contributed by atoms with E-state index >= 15 is 0 Å². The van der Waals surface area contributed by atoms with E-state index in [0.717, 1.165) is 15.4 Å². The Morgan fingerprint density at radius 2 is 2.05 bits per heavy atom. The summed E-state index contributed by atoms with van der Waals surface area (Å²) < 4.78 is 19.2. The van der Waals surface area contributed by atoms with Crippen LogP contribution in [0.2, 0.25) is 0 Å². The second-order valence-electron chi connectivity index (χ2n) is 4.91. The minimum Gasteiger partial charge on any atom is -0.487 e. The first-order chi connectivity index (χ1) is 10.6. The van der Waals surface area contributed by atoms with Crippen LogP contribution in [0.3, 0.4) is 0 Å². The molecule has 0 atom stereocenters. The molecule has 0 unspecified atom stereocenters. The summed E-state index contributed by atoms with van der Waals surface area (Å²) in [5, 5.41) is 0.921. The predicted octanol–water partition coefficient (Wildman–Crippen LogP) is 4.42. The second-order valence-corrected chi connectivity index (χ2v) is 6.14. The van der Waals surface area contributed by atoms with Crippen molar-refractivity contribution in [3.63, 3.8) is 0 Å². The third-order valence-electron chi connectivity index (χ3n) is 3.22. The molecule has 0 saturated carbocycles. The Balaban J connectivity index is 1.77. The van der Waals surface area contributed by atoms with Crippen molar-refractivity contribution in [2.45, 2.75) is 13.5 Å². The van der Waals surface area contributed by atoms with Crippen LogP contribution in [-0.2, 0) is 6.61 Å². The molecule has 3 nitrogen and oxygen atoms in total. The molecular weight excluding hydrogens is 299 g/mol. The Morgan fingerprint density at radius 1 is 1.23 bits per heavy atom. The fourth-order valence-electron chi connectivity index (χ4n) is 2.07. The van der Waals surface area contributed by atoms with Gasteiger partial charge in [-0.3, -0.25) is 0 Å². The van der Waals surface area contributed by atoms with Crippen LogP contribution < -0.4 is 10.5 Å². The molecule has 3 aromatic rings. The number of aromatic nitrogens is 1. The van der Waals surface area contributed by atoms with Gasteiger partial charge in [-0.25, -0.2) is 9.37 Å². The van der Waals surface area contributed by atoms with E-state index in [4.69, 9.17) is 10.5 Å². The van der Waals surface area contributed by atoms with Crippen molar-refractivity contribution >= 4 is 17.0 Å². The zero-order chi connectivity index (χ0) is 15.5. The monoisotopic (exact) mass is 314 g/mol. The molecule has 0 radical (unpaired) electrons. The van der Waals surface area contributed by atoms with Gasteiger partial charge in [0.05, 0.1) is 5.69 Å². The number of hydrogen-bond donors (Lipinski definition) is 1. The molecule has 5 heteroatoms. The van der Waals surface area contributed by atoms with Crippen molar-refractivity contribution in [1.29, 1.82) is 0 Å². The van der Waals surface area contributed by atoms with Crippen LogP contribution in [-0.4, -0.2) is 4.98 Å². The summed E-state index contributed by atoms with van der Waals surface area (Å²) >= 11 is 1.61. The van der Waals surface area contributed by atoms with E-state index in [0.29, 0.717) is 17.0 Å². The van der Waals surface area contributed by atoms with E-state index < -0.39 is 0 Å². The molecule has 0 fully saturated rings. The fraction of sp³-hybridized carbons (Fsp3) is 0.118. The molecule has 22 heavy (non-hydrogen) atoms. The molecule has 0 aliphatic rings. The molecule has 112 valence electrons. The average molecular weight is 314 g/mol. The number of rotatable bonds is 4. The number of nitrogens with two attached hydrogens (primary N) is 1. The van der Waals surface area contributed by atoms with Crippen molar-refractivity contribution in [3.8, 4) is 16.3 Å². The Hall–Kier alpha value is -2.40. The molecule has 0 aliphatic carbocycles. The summed E-state index contributed by atoms with van der Waals surface area (Å²) in [5.74, 6) is 0.260. The summed E-state index contributed by atoms with van der Waals surface area (Å²) in [5.41, 5.74) is 8.00. The highest BCUT2D eigenvalue weighted by molar-refractivity contribution is 7.14. The minimum absolute atomic E-state index is 0.145. The quantitative estimate of drug-likeness (QED) is 0.725. The first-order valence-electron chi connectivity index (χ1n) is 6.82. The van der Waals surface area contributed by atoms with Gasteiger partial charge >= 0.3 is 0 Å². The van der Waals surface area contributed by atoms with E-state index in [1.807, 2.05) is 25.3 Å². The Morgan fingerprint density at radius 3 is 2.73 bits per heavy atom. The number of nitrogen functional groups attached to an aromatic ring is 1. The van der Waals surface area contributed by atoms with Crippen LogP contribution in [0.1, 0.15) is 10.4 Å². The van der Waals surface area contributed by atoms with Gasteiger partial charge in [-0.15, -0.1) is 11.3 Å². The molecule has 3 rings (SSSR count). The number of hydrogen-bond acceptors (Lipinski definition) is 4. The number of thiazole rings is 1. The number of ether oxygens (including phenoxy) is 1. The van der Waals surface area contributed by atoms with Gasteiger partial charge in [0.1, 0.15) is 23.2 Å². The van der Waals surface area contributed by atoms with Crippen LogP contribution in [0, 0.1) is 12.7 Å². The number of anilines is 1. The molecule has 0 spiro atoms. The molecule has 2 aromatic carbocycles. The lowest BCUT2D eigenvalue weighted by atomic mass is 10.2. The summed E-state index contributed by atoms with van der Waals surface area (Å²) in [6.45, 7) is 2.16. The van der Waals surface area contributed by atoms with Gasteiger partial charge in [-0.1, -0.05) is 18.2 Å². The van der Waals surface area contributed by atoms with E-state index in [1.165, 1.54) is 6.07 Å². The second kappa shape index (κ2) is 6.15. The SMILES string of the molecule is Cc1cnc(-c2ccc(OCc3ccccc3F)c(N)c2)s1. The lowest BCUT2D eigenvalue weighted by Crippen LogP contribution is -2.00. The van der Waals surface area contributed by atoms with Crippen molar-refractivity contribution in [2.24, 2.45) is 0 Å². The summed E-state index contributed by atoms with van der Waals surface area (Å²) in [7, 11) is 0. The maximum Gasteiger partial charge on any atom is 0.142 e. The summed E-state index contributed by atoms with van der Waals surface area (Å²) in [6, 6.07) is 12.1. The molecule has 1 heterocycles. The highest BCUT2D eigenvalue weighted by Gasteiger charge is 2.08. The van der Waals surface area contributed by atoms with E-state index in [-0.39, 0.29) is 12.4 Å². The van der Waals surface area contributed by atoms with Crippen molar-refractivity contribution < 1.29 is 9.13 Å². The van der Waals surface area contributed by atoms with E-state index in [9.17, 15) is 4.39 Å². The molecule has 0 aliphatic heterocycles. The van der Waals surface area contributed by atoms with Crippen molar-refractivity contribution in [1.82, 2.24) is 4.98 Å². The molecule has 0 amide bonds. The third kappa shape index (κ3) is 3.09. The highest BCUT2D eigenvalue weighted by Crippen LogP contribution is 2.31. The fourth-order valence-corrected chi connectivity index (χ4v) is 2.83. The Bertz CT molecular complexity index is 801. The van der Waals surface area contributed by atoms with Crippen LogP contribution in [0.15, 0.2) is 48.7 Å². The third-order valence-corrected chi connectivity index (χ3v) is 4.18. The molecule has 0 bridgehead atoms. The maximum absolute atomic E-state index is 13.6. The smallest absolute Gasteiger partial charge is 0.142 e. The summed E-state index contributed by atoms with van der Waals surface area (Å²) in [6.07, 6.45) is 1.83. The van der Waals surface area contributed by atoms with Gasteiger partial charge in [0, 0.05) is 22.2 Å². The van der Waals surface area contributed by atoms with Crippen molar-refractivity contribution in [3.05, 3.63) is 64.9 Å². The topological polar surface area (TPSA) is 48.1 Å². The normalized spacial score (nSPS) is 10.6. The number of benzene rings is 2. The Labute approximate surface area is 132 Å². The van der Waals surface area contributed by atoms with E-state index in [2.05, 4.69) is 4.98 Å². The molecule has 1 aromatic heterocycles. The largest absolute Gasteiger partial charge is 0.487 e. The van der Waals surface area contributed by atoms with Crippen molar-refractivity contribution in [2.75, 3.05) is 5.73 Å². The van der Waals surface area contributed by atoms with Gasteiger partial charge in [0.2, 0.25) is 0 Å². The molecule has 2 N–H and O–H groups in total. The lowest BCUT2D eigenvalue weighted by Gasteiger charge is -2.10. The number of aryl methyl sites for hydroxylation is 1. The number of nitrogens with zero attached hydrogens (tertiary/aromatic N) is 1. The molecular formula is C17H15FN2OS. The standard InChI is InChI=1S/C17H15FN2OS/c1-11-9-20-17(22-11)12-6-7-16(15(19)8-12)21-10-13-4-2-3-5-14(13)18/h2-9H,10,19H2,1H3. The molecule has 0 saturated heterocycles. The zero-order valence-electron chi connectivity index (χ0n) is 12.0. The zero-order valence-corrected chi connectivity index (χ0v) is 12.9. The van der Waals surface area contributed by atoms with Crippen LogP contribution in [0.4, 0.5) is 10.1 Å². The van der Waals surface area contributed by atoms with Gasteiger partial charge in [0.15, 0.2) is 0 Å². The first-order valence-corrected chi connectivity index (χ1v) is 7.63. The lowest BCUT2D eigenvalue weighted by molar-refractivity contribution is 0.301. The van der Waals surface area contributed by atoms with E-state index in [1.54, 1.807) is 35.6 Å². The van der Waals surface area contributed by atoms with Gasteiger partial charge in [-0.2, -0.15) is 0 Å². The van der Waals surface area contributed by atoms with Crippen LogP contribution in [0.25, 0.3) is 10.6 Å². The van der Waals surface area contributed by atoms with Gasteiger partial charge in [-0.05, 0) is 31.2 Å². The van der Waals surface area contributed by atoms with Crippen LogP contribution in [0.5, 0.6) is 5.75 Å². The van der Waals surface area contributed by atoms with Gasteiger partial charge in [0.25, 0.3) is 0 Å². The Kier molecular flexibility index (Phi) is 4.06. The predicted molar refractivity (Wildman–Crippen MR) is 87.4 cm³/mol. The maximum atomic E-state index is 13.6. The minimum atomic E-state index is -0.282. The average Bonchev–Trinajstić information content (AvgIpc) is 2.94. The number of halogens is 1. The highest BCUT2D eigenvalue weighted by atomic mass is 32.1. The first kappa shape index (κ1) is 14.5. The summed E-state index contributed by atoms with van der Waals surface area (Å²) in [4.78, 5) is 5.48. The van der Waals surface area contributed by atoms with Crippen LogP contribution >= 0.6 is 11.3 Å². The van der Waals surface area contributed by atoms with Gasteiger partial charge < -0.3 is 10.5 Å².